The van der Waals surface area contributed by atoms with Crippen LogP contribution in [0.3, 0.4) is 0 Å². The van der Waals surface area contributed by atoms with Gasteiger partial charge in [0.2, 0.25) is 0 Å². The molecule has 2 heteroatoms. The molecule has 1 aliphatic rings. The zero-order valence-corrected chi connectivity index (χ0v) is 8.77. The normalized spacial score (nSPS) is 19.5. The maximum Gasteiger partial charge on any atom is 0.0214 e. The molecular formula is C11H20N2. The standard InChI is InChI=1S/C11H20N2/c1-3-4-5-8-12-11-6-9-13(2)10-7-11/h11-12H,5-10H2,1-2H3. The molecule has 1 heterocycles. The minimum Gasteiger partial charge on any atom is -0.313 e. The molecule has 0 unspecified atom stereocenters. The van der Waals surface area contributed by atoms with E-state index in [-0.39, 0.29) is 0 Å². The van der Waals surface area contributed by atoms with Crippen molar-refractivity contribution in [2.75, 3.05) is 26.7 Å². The van der Waals surface area contributed by atoms with Gasteiger partial charge in [0.25, 0.3) is 0 Å². The van der Waals surface area contributed by atoms with Gasteiger partial charge in [0, 0.05) is 19.0 Å². The molecule has 13 heavy (non-hydrogen) atoms. The molecule has 0 aliphatic carbocycles. The molecule has 1 aliphatic heterocycles. The average Bonchev–Trinajstić information content (AvgIpc) is 2.15. The minimum atomic E-state index is 0.731. The highest BCUT2D eigenvalue weighted by molar-refractivity contribution is 4.95. The monoisotopic (exact) mass is 180 g/mol. The maximum atomic E-state index is 3.55. The van der Waals surface area contributed by atoms with E-state index in [2.05, 4.69) is 29.1 Å². The van der Waals surface area contributed by atoms with Gasteiger partial charge in [-0.1, -0.05) is 0 Å². The van der Waals surface area contributed by atoms with Gasteiger partial charge < -0.3 is 10.2 Å². The van der Waals surface area contributed by atoms with Crippen molar-refractivity contribution < 1.29 is 0 Å². The smallest absolute Gasteiger partial charge is 0.0214 e. The lowest BCUT2D eigenvalue weighted by Gasteiger charge is -2.29. The second kappa shape index (κ2) is 6.01. The quantitative estimate of drug-likeness (QED) is 0.516. The number of likely N-dealkylation sites (tertiary alicyclic amines) is 1. The summed E-state index contributed by atoms with van der Waals surface area (Å²) in [7, 11) is 2.19. The fourth-order valence-corrected chi connectivity index (χ4v) is 1.68. The lowest BCUT2D eigenvalue weighted by Crippen LogP contribution is -2.41. The SMILES string of the molecule is CC#CCCNC1CCN(C)CC1. The molecule has 0 radical (unpaired) electrons. The summed E-state index contributed by atoms with van der Waals surface area (Å²) in [6, 6.07) is 0.731. The molecule has 1 fully saturated rings. The Kier molecular flexibility index (Phi) is 4.88. The Labute approximate surface area is 81.7 Å². The van der Waals surface area contributed by atoms with Crippen LogP contribution in [0.2, 0.25) is 0 Å². The summed E-state index contributed by atoms with van der Waals surface area (Å²) < 4.78 is 0. The zero-order chi connectivity index (χ0) is 9.52. The van der Waals surface area contributed by atoms with Crippen LogP contribution in [0.4, 0.5) is 0 Å². The second-order valence-corrected chi connectivity index (χ2v) is 3.71. The summed E-state index contributed by atoms with van der Waals surface area (Å²) in [5.74, 6) is 5.99. The molecule has 1 saturated heterocycles. The molecule has 0 atom stereocenters. The highest BCUT2D eigenvalue weighted by Crippen LogP contribution is 2.07. The van der Waals surface area contributed by atoms with Gasteiger partial charge in [-0.15, -0.1) is 11.8 Å². The molecular weight excluding hydrogens is 160 g/mol. The molecule has 0 aromatic rings. The van der Waals surface area contributed by atoms with E-state index in [0.717, 1.165) is 19.0 Å². The summed E-state index contributed by atoms with van der Waals surface area (Å²) in [5, 5.41) is 3.55. The van der Waals surface area contributed by atoms with Crippen LogP contribution in [0.25, 0.3) is 0 Å². The number of rotatable bonds is 3. The van der Waals surface area contributed by atoms with Crippen LogP contribution in [0.1, 0.15) is 26.2 Å². The number of piperidine rings is 1. The predicted octanol–water partition coefficient (Wildman–Crippen LogP) is 1.08. The fraction of sp³-hybridized carbons (Fsp3) is 0.818. The highest BCUT2D eigenvalue weighted by atomic mass is 15.1. The summed E-state index contributed by atoms with van der Waals surface area (Å²) in [6.45, 7) is 5.42. The molecule has 0 aromatic heterocycles. The summed E-state index contributed by atoms with van der Waals surface area (Å²) >= 11 is 0. The van der Waals surface area contributed by atoms with E-state index < -0.39 is 0 Å². The van der Waals surface area contributed by atoms with E-state index in [4.69, 9.17) is 0 Å². The van der Waals surface area contributed by atoms with E-state index in [1.165, 1.54) is 25.9 Å². The Balaban J connectivity index is 2.04. The lowest BCUT2D eigenvalue weighted by molar-refractivity contribution is 0.236. The number of hydrogen-bond acceptors (Lipinski definition) is 2. The van der Waals surface area contributed by atoms with Gasteiger partial charge in [-0.2, -0.15) is 0 Å². The van der Waals surface area contributed by atoms with Gasteiger partial charge in [0.15, 0.2) is 0 Å². The minimum absolute atomic E-state index is 0.731. The van der Waals surface area contributed by atoms with Crippen LogP contribution in [0, 0.1) is 11.8 Å². The summed E-state index contributed by atoms with van der Waals surface area (Å²) in [4.78, 5) is 2.39. The Morgan fingerprint density at radius 3 is 2.69 bits per heavy atom. The first-order chi connectivity index (χ1) is 6.33. The van der Waals surface area contributed by atoms with Gasteiger partial charge in [-0.25, -0.2) is 0 Å². The predicted molar refractivity (Wildman–Crippen MR) is 56.6 cm³/mol. The molecule has 0 amide bonds. The van der Waals surface area contributed by atoms with Crippen LogP contribution >= 0.6 is 0 Å². The fourth-order valence-electron chi connectivity index (χ4n) is 1.68. The third-order valence-electron chi connectivity index (χ3n) is 2.58. The molecule has 1 rings (SSSR count). The van der Waals surface area contributed by atoms with E-state index in [0.29, 0.717) is 0 Å². The Bertz CT molecular complexity index is 182. The molecule has 2 nitrogen and oxygen atoms in total. The van der Waals surface area contributed by atoms with Gasteiger partial charge >= 0.3 is 0 Å². The van der Waals surface area contributed by atoms with E-state index >= 15 is 0 Å². The van der Waals surface area contributed by atoms with Crippen molar-refractivity contribution in [3.63, 3.8) is 0 Å². The number of nitrogens with one attached hydrogen (secondary N) is 1. The van der Waals surface area contributed by atoms with Crippen LogP contribution in [0.5, 0.6) is 0 Å². The van der Waals surface area contributed by atoms with Crippen molar-refractivity contribution in [1.82, 2.24) is 10.2 Å². The van der Waals surface area contributed by atoms with Crippen molar-refractivity contribution >= 4 is 0 Å². The van der Waals surface area contributed by atoms with E-state index in [1.807, 2.05) is 6.92 Å². The van der Waals surface area contributed by atoms with E-state index in [9.17, 15) is 0 Å². The molecule has 74 valence electrons. The lowest BCUT2D eigenvalue weighted by atomic mass is 10.1. The Hall–Kier alpha value is -0.520. The van der Waals surface area contributed by atoms with Gasteiger partial charge in [0.05, 0.1) is 0 Å². The Morgan fingerprint density at radius 1 is 1.38 bits per heavy atom. The third kappa shape index (κ3) is 4.31. The average molecular weight is 180 g/mol. The summed E-state index contributed by atoms with van der Waals surface area (Å²) in [6.07, 6.45) is 3.56. The molecule has 0 bridgehead atoms. The van der Waals surface area contributed by atoms with Crippen molar-refractivity contribution in [3.05, 3.63) is 0 Å². The van der Waals surface area contributed by atoms with Gasteiger partial charge in [-0.05, 0) is 39.9 Å². The van der Waals surface area contributed by atoms with Gasteiger partial charge in [0.1, 0.15) is 0 Å². The first-order valence-electron chi connectivity index (χ1n) is 5.14. The topological polar surface area (TPSA) is 15.3 Å². The van der Waals surface area contributed by atoms with Crippen molar-refractivity contribution in [2.24, 2.45) is 0 Å². The largest absolute Gasteiger partial charge is 0.313 e. The molecule has 0 saturated carbocycles. The number of nitrogens with zero attached hydrogens (tertiary/aromatic N) is 1. The second-order valence-electron chi connectivity index (χ2n) is 3.71. The molecule has 0 spiro atoms. The maximum absolute atomic E-state index is 3.55. The zero-order valence-electron chi connectivity index (χ0n) is 8.77. The van der Waals surface area contributed by atoms with Crippen LogP contribution < -0.4 is 5.32 Å². The first kappa shape index (κ1) is 10.6. The highest BCUT2D eigenvalue weighted by Gasteiger charge is 2.14. The third-order valence-corrected chi connectivity index (χ3v) is 2.58. The number of hydrogen-bond donors (Lipinski definition) is 1. The van der Waals surface area contributed by atoms with Crippen molar-refractivity contribution in [1.29, 1.82) is 0 Å². The van der Waals surface area contributed by atoms with Crippen molar-refractivity contribution in [3.8, 4) is 11.8 Å². The summed E-state index contributed by atoms with van der Waals surface area (Å²) in [5.41, 5.74) is 0. The Morgan fingerprint density at radius 2 is 2.08 bits per heavy atom. The van der Waals surface area contributed by atoms with Gasteiger partial charge in [-0.3, -0.25) is 0 Å². The molecule has 1 N–H and O–H groups in total. The van der Waals surface area contributed by atoms with Crippen LogP contribution in [-0.4, -0.2) is 37.6 Å². The van der Waals surface area contributed by atoms with Crippen LogP contribution in [-0.2, 0) is 0 Å². The van der Waals surface area contributed by atoms with E-state index in [1.54, 1.807) is 0 Å². The molecule has 0 aromatic carbocycles. The van der Waals surface area contributed by atoms with Crippen LogP contribution in [0.15, 0.2) is 0 Å². The van der Waals surface area contributed by atoms with Crippen molar-refractivity contribution in [2.45, 2.75) is 32.2 Å². The first-order valence-corrected chi connectivity index (χ1v) is 5.14.